The lowest BCUT2D eigenvalue weighted by Crippen LogP contribution is -2.62. The van der Waals surface area contributed by atoms with E-state index in [0.29, 0.717) is 39.0 Å². The summed E-state index contributed by atoms with van der Waals surface area (Å²) in [5, 5.41) is 0. The van der Waals surface area contributed by atoms with Gasteiger partial charge in [0.05, 0.1) is 19.3 Å². The lowest BCUT2D eigenvalue weighted by Gasteiger charge is -2.44. The van der Waals surface area contributed by atoms with Crippen molar-refractivity contribution in [2.24, 2.45) is 0 Å². The van der Waals surface area contributed by atoms with Gasteiger partial charge in [0.25, 0.3) is 0 Å². The molecule has 0 radical (unpaired) electrons. The highest BCUT2D eigenvalue weighted by atomic mass is 16.6. The summed E-state index contributed by atoms with van der Waals surface area (Å²) in [6.07, 6.45) is 1.89. The first-order chi connectivity index (χ1) is 10.7. The van der Waals surface area contributed by atoms with Crippen LogP contribution >= 0.6 is 0 Å². The van der Waals surface area contributed by atoms with Crippen molar-refractivity contribution in [2.45, 2.75) is 25.0 Å². The van der Waals surface area contributed by atoms with Gasteiger partial charge in [0.15, 0.2) is 0 Å². The highest BCUT2D eigenvalue weighted by molar-refractivity contribution is 5.68. The fourth-order valence-electron chi connectivity index (χ4n) is 2.76. The van der Waals surface area contributed by atoms with Crippen molar-refractivity contribution in [3.05, 3.63) is 0 Å². The standard InChI is InChI=1S/C15H28N2O5/c1-19-8-5-16(6-9-20-2)13-10-17(11-13)15(18)22-12-14-4-3-7-21-14/h13-14H,3-12H2,1-2H3. The molecule has 0 saturated carbocycles. The summed E-state index contributed by atoms with van der Waals surface area (Å²) >= 11 is 0. The van der Waals surface area contributed by atoms with Crippen molar-refractivity contribution in [2.75, 3.05) is 66.8 Å². The van der Waals surface area contributed by atoms with Crippen LogP contribution in [0.2, 0.25) is 0 Å². The van der Waals surface area contributed by atoms with Crippen LogP contribution in [0.4, 0.5) is 4.79 Å². The molecule has 2 heterocycles. The van der Waals surface area contributed by atoms with Gasteiger partial charge in [0.2, 0.25) is 0 Å². The SMILES string of the molecule is COCCN(CCOC)C1CN(C(=O)OCC2CCCO2)C1. The van der Waals surface area contributed by atoms with E-state index in [0.717, 1.165) is 32.5 Å². The normalized spacial score (nSPS) is 22.1. The number of likely N-dealkylation sites (tertiary alicyclic amines) is 1. The molecule has 2 saturated heterocycles. The molecule has 0 spiro atoms. The minimum Gasteiger partial charge on any atom is -0.447 e. The number of carbonyl (C=O) groups excluding carboxylic acids is 1. The van der Waals surface area contributed by atoms with E-state index in [1.807, 2.05) is 0 Å². The predicted octanol–water partition coefficient (Wildman–Crippen LogP) is 0.581. The third-order valence-corrected chi connectivity index (χ3v) is 4.22. The number of rotatable bonds is 9. The van der Waals surface area contributed by atoms with Gasteiger partial charge in [-0.1, -0.05) is 0 Å². The lowest BCUT2D eigenvalue weighted by molar-refractivity contribution is -0.0114. The van der Waals surface area contributed by atoms with Crippen LogP contribution in [0, 0.1) is 0 Å². The summed E-state index contributed by atoms with van der Waals surface area (Å²) in [5.41, 5.74) is 0. The first-order valence-electron chi connectivity index (χ1n) is 7.99. The lowest BCUT2D eigenvalue weighted by atomic mass is 10.1. The number of hydrogen-bond acceptors (Lipinski definition) is 6. The Hall–Kier alpha value is -0.890. The Morgan fingerprint density at radius 1 is 1.23 bits per heavy atom. The maximum Gasteiger partial charge on any atom is 0.409 e. The second-order valence-electron chi connectivity index (χ2n) is 5.79. The zero-order valence-electron chi connectivity index (χ0n) is 13.7. The van der Waals surface area contributed by atoms with E-state index < -0.39 is 0 Å². The van der Waals surface area contributed by atoms with Gasteiger partial charge in [-0.25, -0.2) is 4.79 Å². The van der Waals surface area contributed by atoms with E-state index in [-0.39, 0.29) is 12.2 Å². The molecule has 7 heteroatoms. The number of nitrogens with zero attached hydrogens (tertiary/aromatic N) is 2. The topological polar surface area (TPSA) is 60.5 Å². The average molecular weight is 316 g/mol. The first kappa shape index (κ1) is 17.5. The van der Waals surface area contributed by atoms with Gasteiger partial charge in [0, 0.05) is 53.0 Å². The minimum atomic E-state index is -0.231. The average Bonchev–Trinajstić information content (AvgIpc) is 2.99. The molecule has 1 atom stereocenters. The monoisotopic (exact) mass is 316 g/mol. The van der Waals surface area contributed by atoms with Gasteiger partial charge in [-0.05, 0) is 12.8 Å². The minimum absolute atomic E-state index is 0.0842. The molecular weight excluding hydrogens is 288 g/mol. The first-order valence-corrected chi connectivity index (χ1v) is 7.99. The Morgan fingerprint density at radius 2 is 1.91 bits per heavy atom. The van der Waals surface area contributed by atoms with Gasteiger partial charge >= 0.3 is 6.09 Å². The fourth-order valence-corrected chi connectivity index (χ4v) is 2.76. The van der Waals surface area contributed by atoms with Crippen molar-refractivity contribution >= 4 is 6.09 Å². The van der Waals surface area contributed by atoms with E-state index in [4.69, 9.17) is 18.9 Å². The van der Waals surface area contributed by atoms with Gasteiger partial charge in [-0.15, -0.1) is 0 Å². The molecule has 22 heavy (non-hydrogen) atoms. The molecule has 2 rings (SSSR count). The molecule has 1 amide bonds. The van der Waals surface area contributed by atoms with Crippen molar-refractivity contribution in [3.63, 3.8) is 0 Å². The van der Waals surface area contributed by atoms with Gasteiger partial charge in [-0.3, -0.25) is 4.90 Å². The fraction of sp³-hybridized carbons (Fsp3) is 0.933. The molecule has 0 N–H and O–H groups in total. The van der Waals surface area contributed by atoms with E-state index in [9.17, 15) is 4.79 Å². The molecule has 0 aromatic carbocycles. The molecule has 0 aromatic heterocycles. The van der Waals surface area contributed by atoms with Crippen LogP contribution in [0.3, 0.4) is 0 Å². The van der Waals surface area contributed by atoms with Crippen molar-refractivity contribution in [1.29, 1.82) is 0 Å². The van der Waals surface area contributed by atoms with Crippen LogP contribution in [-0.2, 0) is 18.9 Å². The Balaban J connectivity index is 1.65. The second-order valence-corrected chi connectivity index (χ2v) is 5.79. The van der Waals surface area contributed by atoms with Crippen LogP contribution in [0.1, 0.15) is 12.8 Å². The summed E-state index contributed by atoms with van der Waals surface area (Å²) in [7, 11) is 3.40. The molecular formula is C15H28N2O5. The molecule has 0 aliphatic carbocycles. The second kappa shape index (κ2) is 9.29. The van der Waals surface area contributed by atoms with Gasteiger partial charge in [0.1, 0.15) is 6.61 Å². The van der Waals surface area contributed by atoms with E-state index >= 15 is 0 Å². The number of ether oxygens (including phenoxy) is 4. The number of methoxy groups -OCH3 is 2. The maximum atomic E-state index is 12.0. The predicted molar refractivity (Wildman–Crippen MR) is 81.0 cm³/mol. The quantitative estimate of drug-likeness (QED) is 0.620. The summed E-state index contributed by atoms with van der Waals surface area (Å²) in [5.74, 6) is 0. The van der Waals surface area contributed by atoms with Gasteiger partial charge < -0.3 is 23.8 Å². The molecule has 2 fully saturated rings. The van der Waals surface area contributed by atoms with Gasteiger partial charge in [-0.2, -0.15) is 0 Å². The molecule has 0 aromatic rings. The molecule has 0 bridgehead atoms. The highest BCUT2D eigenvalue weighted by Crippen LogP contribution is 2.17. The Labute approximate surface area is 132 Å². The van der Waals surface area contributed by atoms with Crippen molar-refractivity contribution in [1.82, 2.24) is 9.80 Å². The third kappa shape index (κ3) is 5.08. The zero-order valence-corrected chi connectivity index (χ0v) is 13.7. The van der Waals surface area contributed by atoms with Crippen LogP contribution < -0.4 is 0 Å². The number of amides is 1. The third-order valence-electron chi connectivity index (χ3n) is 4.22. The Morgan fingerprint density at radius 3 is 2.45 bits per heavy atom. The van der Waals surface area contributed by atoms with Crippen molar-refractivity contribution in [3.8, 4) is 0 Å². The van der Waals surface area contributed by atoms with Crippen LogP contribution in [0.15, 0.2) is 0 Å². The van der Waals surface area contributed by atoms with E-state index in [1.165, 1.54) is 0 Å². The van der Waals surface area contributed by atoms with Crippen LogP contribution in [0.25, 0.3) is 0 Å². The smallest absolute Gasteiger partial charge is 0.409 e. The molecule has 2 aliphatic rings. The van der Waals surface area contributed by atoms with E-state index in [2.05, 4.69) is 4.90 Å². The van der Waals surface area contributed by atoms with Crippen molar-refractivity contribution < 1.29 is 23.7 Å². The Kier molecular flexibility index (Phi) is 7.38. The zero-order chi connectivity index (χ0) is 15.8. The molecule has 7 nitrogen and oxygen atoms in total. The molecule has 2 aliphatic heterocycles. The summed E-state index contributed by atoms with van der Waals surface area (Å²) in [4.78, 5) is 16.0. The largest absolute Gasteiger partial charge is 0.447 e. The highest BCUT2D eigenvalue weighted by Gasteiger charge is 2.35. The number of hydrogen-bond donors (Lipinski definition) is 0. The summed E-state index contributed by atoms with van der Waals surface area (Å²) in [6.45, 7) is 5.63. The number of carbonyl (C=O) groups is 1. The molecule has 128 valence electrons. The Bertz CT molecular complexity index is 322. The maximum absolute atomic E-state index is 12.0. The van der Waals surface area contributed by atoms with Crippen LogP contribution in [0.5, 0.6) is 0 Å². The molecule has 1 unspecified atom stereocenters. The van der Waals surface area contributed by atoms with Crippen LogP contribution in [-0.4, -0.2) is 94.9 Å². The van der Waals surface area contributed by atoms with E-state index in [1.54, 1.807) is 19.1 Å². The summed E-state index contributed by atoms with van der Waals surface area (Å²) in [6, 6.07) is 0.362. The summed E-state index contributed by atoms with van der Waals surface area (Å²) < 4.78 is 21.0.